The second-order valence-corrected chi connectivity index (χ2v) is 8.46. The minimum Gasteiger partial charge on any atom is -0.396 e. The topological polar surface area (TPSA) is 93.4 Å². The third-order valence-electron chi connectivity index (χ3n) is 4.61. The number of aliphatic hydroxyl groups excluding tert-OH is 1. The van der Waals surface area contributed by atoms with Gasteiger partial charge in [0, 0.05) is 31.9 Å². The first kappa shape index (κ1) is 21.9. The van der Waals surface area contributed by atoms with Gasteiger partial charge in [0.15, 0.2) is 4.91 Å². The summed E-state index contributed by atoms with van der Waals surface area (Å²) in [6.07, 6.45) is 1.36. The minimum atomic E-state index is -3.92. The van der Waals surface area contributed by atoms with Crippen molar-refractivity contribution in [3.63, 3.8) is 0 Å². The third kappa shape index (κ3) is 5.32. The van der Waals surface area contributed by atoms with Crippen molar-refractivity contribution in [1.29, 1.82) is 5.26 Å². The van der Waals surface area contributed by atoms with E-state index in [0.717, 1.165) is 29.5 Å². The lowest BCUT2D eigenvalue weighted by molar-refractivity contribution is 0.239. The van der Waals surface area contributed by atoms with Crippen LogP contribution >= 0.6 is 0 Å². The van der Waals surface area contributed by atoms with Crippen LogP contribution in [0.3, 0.4) is 0 Å². The van der Waals surface area contributed by atoms with Gasteiger partial charge in [0.1, 0.15) is 6.07 Å². The van der Waals surface area contributed by atoms with Crippen molar-refractivity contribution >= 4 is 32.6 Å². The van der Waals surface area contributed by atoms with Crippen molar-refractivity contribution in [2.75, 3.05) is 31.1 Å². The van der Waals surface area contributed by atoms with Gasteiger partial charge >= 0.3 is 0 Å². The highest BCUT2D eigenvalue weighted by molar-refractivity contribution is 7.93. The van der Waals surface area contributed by atoms with E-state index < -0.39 is 10.0 Å². The molecule has 150 valence electrons. The molecule has 2 aromatic rings. The van der Waals surface area contributed by atoms with Gasteiger partial charge in [-0.15, -0.1) is 0 Å². The zero-order valence-corrected chi connectivity index (χ0v) is 17.3. The van der Waals surface area contributed by atoms with Gasteiger partial charge in [-0.25, -0.2) is 13.1 Å². The average molecular weight is 402 g/mol. The summed E-state index contributed by atoms with van der Waals surface area (Å²) in [5.74, 6) is -0.226. The van der Waals surface area contributed by atoms with E-state index >= 15 is 0 Å². The van der Waals surface area contributed by atoms with E-state index in [1.165, 1.54) is 6.08 Å². The summed E-state index contributed by atoms with van der Waals surface area (Å²) >= 11 is 0. The van der Waals surface area contributed by atoms with E-state index in [2.05, 4.69) is 29.5 Å². The second kappa shape index (κ2) is 9.69. The Hall–Kier alpha value is -2.40. The van der Waals surface area contributed by atoms with Crippen molar-refractivity contribution < 1.29 is 13.5 Å². The molecule has 0 heterocycles. The molecule has 6 nitrogen and oxygen atoms in total. The standard InChI is InChI=1S/C21H27N3O3S/c1-4-24(5-2)20-9-8-18-10-17(6-7-19(18)12-20)11-21(13-22)28(26,27)23-14-16(3)15-25/h6-12,16,23,25H,4-5,14-15H2,1-3H3/b21-11+. The van der Waals surface area contributed by atoms with Crippen molar-refractivity contribution in [2.45, 2.75) is 20.8 Å². The van der Waals surface area contributed by atoms with Crippen LogP contribution in [0.4, 0.5) is 5.69 Å². The Kier molecular flexibility index (Phi) is 7.58. The van der Waals surface area contributed by atoms with Gasteiger partial charge in [-0.3, -0.25) is 0 Å². The van der Waals surface area contributed by atoms with Crippen molar-refractivity contribution in [2.24, 2.45) is 5.92 Å². The molecule has 1 atom stereocenters. The number of allylic oxidation sites excluding steroid dienone is 1. The van der Waals surface area contributed by atoms with Gasteiger partial charge in [-0.05, 0) is 60.4 Å². The molecule has 0 fully saturated rings. The molecule has 2 rings (SSSR count). The molecule has 0 radical (unpaired) electrons. The van der Waals surface area contributed by atoms with Gasteiger partial charge in [0.05, 0.1) is 0 Å². The number of nitriles is 1. The number of sulfonamides is 1. The van der Waals surface area contributed by atoms with E-state index in [-0.39, 0.29) is 24.0 Å². The maximum atomic E-state index is 12.3. The number of hydrogen-bond acceptors (Lipinski definition) is 5. The molecule has 0 aliphatic carbocycles. The van der Waals surface area contributed by atoms with E-state index in [1.54, 1.807) is 19.1 Å². The minimum absolute atomic E-state index is 0.0731. The van der Waals surface area contributed by atoms with Gasteiger partial charge in [-0.1, -0.05) is 25.1 Å². The Morgan fingerprint density at radius 1 is 1.21 bits per heavy atom. The highest BCUT2D eigenvalue weighted by Gasteiger charge is 2.18. The summed E-state index contributed by atoms with van der Waals surface area (Å²) in [6.45, 7) is 7.73. The molecule has 1 unspecified atom stereocenters. The zero-order chi connectivity index (χ0) is 20.7. The number of benzene rings is 2. The Morgan fingerprint density at radius 2 is 1.86 bits per heavy atom. The summed E-state index contributed by atoms with van der Waals surface area (Å²) in [6, 6.07) is 13.5. The molecule has 2 N–H and O–H groups in total. The fourth-order valence-electron chi connectivity index (χ4n) is 2.84. The quantitative estimate of drug-likeness (QED) is 0.630. The van der Waals surface area contributed by atoms with Crippen LogP contribution in [0.15, 0.2) is 41.3 Å². The molecule has 0 aliphatic heterocycles. The number of nitrogens with zero attached hydrogens (tertiary/aromatic N) is 2. The molecule has 0 saturated carbocycles. The number of fused-ring (bicyclic) bond motifs is 1. The van der Waals surface area contributed by atoms with Crippen LogP contribution in [0.2, 0.25) is 0 Å². The van der Waals surface area contributed by atoms with Crippen molar-refractivity contribution in [3.05, 3.63) is 46.9 Å². The molecular formula is C21H27N3O3S. The summed E-state index contributed by atoms with van der Waals surface area (Å²) < 4.78 is 27.1. The van der Waals surface area contributed by atoms with Crippen LogP contribution < -0.4 is 9.62 Å². The molecule has 0 bridgehead atoms. The normalized spacial score (nSPS) is 13.3. The van der Waals surface area contributed by atoms with E-state index in [1.807, 2.05) is 24.3 Å². The monoisotopic (exact) mass is 401 g/mol. The summed E-state index contributed by atoms with van der Waals surface area (Å²) in [5.41, 5.74) is 1.78. The van der Waals surface area contributed by atoms with Gasteiger partial charge < -0.3 is 10.0 Å². The lowest BCUT2D eigenvalue weighted by atomic mass is 10.1. The van der Waals surface area contributed by atoms with Crippen molar-refractivity contribution in [1.82, 2.24) is 4.72 Å². The van der Waals surface area contributed by atoms with E-state index in [0.29, 0.717) is 5.56 Å². The summed E-state index contributed by atoms with van der Waals surface area (Å²) in [5, 5.41) is 20.4. The van der Waals surface area contributed by atoms with E-state index in [4.69, 9.17) is 5.11 Å². The van der Waals surface area contributed by atoms with Crippen LogP contribution in [0, 0.1) is 17.2 Å². The number of anilines is 1. The molecule has 0 amide bonds. The van der Waals surface area contributed by atoms with E-state index in [9.17, 15) is 13.7 Å². The zero-order valence-electron chi connectivity index (χ0n) is 16.5. The largest absolute Gasteiger partial charge is 0.396 e. The summed E-state index contributed by atoms with van der Waals surface area (Å²) in [7, 11) is -3.92. The van der Waals surface area contributed by atoms with Crippen LogP contribution in [0.1, 0.15) is 26.3 Å². The fraction of sp³-hybridized carbons (Fsp3) is 0.381. The number of aliphatic hydroxyl groups is 1. The number of hydrogen-bond donors (Lipinski definition) is 2. The van der Waals surface area contributed by atoms with Crippen LogP contribution in [0.5, 0.6) is 0 Å². The fourth-order valence-corrected chi connectivity index (χ4v) is 3.91. The summed E-state index contributed by atoms with van der Waals surface area (Å²) in [4.78, 5) is 1.91. The Morgan fingerprint density at radius 3 is 2.46 bits per heavy atom. The Labute approximate surface area is 167 Å². The molecule has 0 spiro atoms. The first-order valence-corrected chi connectivity index (χ1v) is 10.8. The molecule has 0 saturated heterocycles. The van der Waals surface area contributed by atoms with Gasteiger partial charge in [-0.2, -0.15) is 5.26 Å². The molecular weight excluding hydrogens is 374 g/mol. The average Bonchev–Trinajstić information content (AvgIpc) is 2.70. The molecule has 28 heavy (non-hydrogen) atoms. The second-order valence-electron chi connectivity index (χ2n) is 6.72. The predicted molar refractivity (Wildman–Crippen MR) is 114 cm³/mol. The SMILES string of the molecule is CCN(CC)c1ccc2cc(/C=C(\C#N)S(=O)(=O)NCC(C)CO)ccc2c1. The highest BCUT2D eigenvalue weighted by Crippen LogP contribution is 2.24. The molecule has 2 aromatic carbocycles. The third-order valence-corrected chi connectivity index (χ3v) is 5.94. The van der Waals surface area contributed by atoms with Gasteiger partial charge in [0.2, 0.25) is 0 Å². The first-order chi connectivity index (χ1) is 13.3. The Bertz CT molecular complexity index is 990. The lowest BCUT2D eigenvalue weighted by Gasteiger charge is -2.21. The Balaban J connectivity index is 2.33. The first-order valence-electron chi connectivity index (χ1n) is 9.35. The maximum Gasteiger partial charge on any atom is 0.250 e. The predicted octanol–water partition coefficient (Wildman–Crippen LogP) is 3.10. The van der Waals surface area contributed by atoms with Crippen LogP contribution in [-0.4, -0.2) is 39.8 Å². The number of rotatable bonds is 9. The molecule has 0 aliphatic rings. The van der Waals surface area contributed by atoms with Crippen molar-refractivity contribution in [3.8, 4) is 6.07 Å². The van der Waals surface area contributed by atoms with Gasteiger partial charge in [0.25, 0.3) is 10.0 Å². The van der Waals surface area contributed by atoms with Crippen LogP contribution in [0.25, 0.3) is 16.8 Å². The highest BCUT2D eigenvalue weighted by atomic mass is 32.2. The molecule has 0 aromatic heterocycles. The lowest BCUT2D eigenvalue weighted by Crippen LogP contribution is -2.30. The number of nitrogens with one attached hydrogen (secondary N) is 1. The van der Waals surface area contributed by atoms with Crippen LogP contribution in [-0.2, 0) is 10.0 Å². The smallest absolute Gasteiger partial charge is 0.250 e. The maximum absolute atomic E-state index is 12.3. The molecule has 7 heteroatoms.